The van der Waals surface area contributed by atoms with E-state index >= 15 is 0 Å². The molecule has 0 aliphatic heterocycles. The molecule has 1 aromatic rings. The van der Waals surface area contributed by atoms with Gasteiger partial charge in [-0.1, -0.05) is 17.7 Å². The summed E-state index contributed by atoms with van der Waals surface area (Å²) in [6.45, 7) is 4.66. The summed E-state index contributed by atoms with van der Waals surface area (Å²) in [5.41, 5.74) is 6.57. The van der Waals surface area contributed by atoms with Crippen molar-refractivity contribution in [3.8, 4) is 0 Å². The average Bonchev–Trinajstić information content (AvgIpc) is 2.28. The van der Waals surface area contributed by atoms with Crippen LogP contribution in [-0.2, 0) is 4.74 Å². The summed E-state index contributed by atoms with van der Waals surface area (Å²) < 4.78 is 5.41. The van der Waals surface area contributed by atoms with Crippen molar-refractivity contribution in [2.45, 2.75) is 31.9 Å². The highest BCUT2D eigenvalue weighted by molar-refractivity contribution is 6.30. The molecule has 0 spiro atoms. The first-order valence-electron chi connectivity index (χ1n) is 5.74. The maximum atomic E-state index is 5.94. The van der Waals surface area contributed by atoms with Gasteiger partial charge in [0.25, 0.3) is 0 Å². The van der Waals surface area contributed by atoms with Crippen LogP contribution in [0.3, 0.4) is 0 Å². The van der Waals surface area contributed by atoms with E-state index in [4.69, 9.17) is 22.1 Å². The molecule has 0 saturated heterocycles. The van der Waals surface area contributed by atoms with Crippen molar-refractivity contribution in [3.63, 3.8) is 0 Å². The second kappa shape index (κ2) is 6.24. The number of ether oxygens (including phenoxy) is 1. The van der Waals surface area contributed by atoms with Crippen LogP contribution in [0.5, 0.6) is 0 Å². The van der Waals surface area contributed by atoms with Crippen molar-refractivity contribution >= 4 is 17.3 Å². The van der Waals surface area contributed by atoms with E-state index in [9.17, 15) is 0 Å². The molecule has 3 nitrogen and oxygen atoms in total. The lowest BCUT2D eigenvalue weighted by Gasteiger charge is -2.29. The van der Waals surface area contributed by atoms with Crippen molar-refractivity contribution in [3.05, 3.63) is 29.3 Å². The van der Waals surface area contributed by atoms with Gasteiger partial charge in [0.2, 0.25) is 0 Å². The Kier molecular flexibility index (Phi) is 5.25. The number of methoxy groups -OCH3 is 1. The maximum absolute atomic E-state index is 5.94. The van der Waals surface area contributed by atoms with E-state index in [0.29, 0.717) is 6.54 Å². The largest absolute Gasteiger partial charge is 0.381 e. The number of hydrogen-bond donors (Lipinski definition) is 2. The number of nitrogens with two attached hydrogens (primary N) is 1. The molecular weight excluding hydrogens is 236 g/mol. The summed E-state index contributed by atoms with van der Waals surface area (Å²) in [7, 11) is 1.72. The minimum atomic E-state index is -0.185. The number of hydrogen-bond acceptors (Lipinski definition) is 3. The summed E-state index contributed by atoms with van der Waals surface area (Å²) in [5, 5.41) is 4.09. The first-order valence-corrected chi connectivity index (χ1v) is 6.12. The van der Waals surface area contributed by atoms with Crippen molar-refractivity contribution in [2.75, 3.05) is 19.0 Å². The summed E-state index contributed by atoms with van der Waals surface area (Å²) in [4.78, 5) is 0. The molecule has 1 atom stereocenters. The highest BCUT2D eigenvalue weighted by atomic mass is 35.5. The molecule has 0 amide bonds. The third-order valence-electron chi connectivity index (χ3n) is 2.77. The fourth-order valence-electron chi connectivity index (χ4n) is 1.68. The second-order valence-corrected chi connectivity index (χ2v) is 5.19. The first-order chi connectivity index (χ1) is 7.96. The van der Waals surface area contributed by atoms with Gasteiger partial charge in [0, 0.05) is 30.4 Å². The van der Waals surface area contributed by atoms with E-state index in [1.807, 2.05) is 24.3 Å². The Hall–Kier alpha value is -0.770. The zero-order valence-electron chi connectivity index (χ0n) is 10.7. The van der Waals surface area contributed by atoms with Crippen LogP contribution in [0, 0.1) is 0 Å². The highest BCUT2D eigenvalue weighted by Crippen LogP contribution is 2.20. The highest BCUT2D eigenvalue weighted by Gasteiger charge is 2.21. The number of nitrogens with one attached hydrogen (secondary N) is 1. The number of benzene rings is 1. The fourth-order valence-corrected chi connectivity index (χ4v) is 1.87. The molecular formula is C13H21ClN2O. The summed E-state index contributed by atoms with van der Waals surface area (Å²) in [6, 6.07) is 7.81. The monoisotopic (exact) mass is 256 g/mol. The topological polar surface area (TPSA) is 47.3 Å². The van der Waals surface area contributed by atoms with Gasteiger partial charge in [0.15, 0.2) is 0 Å². The Morgan fingerprint density at radius 3 is 2.71 bits per heavy atom. The van der Waals surface area contributed by atoms with Crippen LogP contribution in [0.25, 0.3) is 0 Å². The average molecular weight is 257 g/mol. The molecule has 96 valence electrons. The van der Waals surface area contributed by atoms with E-state index in [2.05, 4.69) is 19.2 Å². The molecule has 1 unspecified atom stereocenters. The molecule has 1 aromatic carbocycles. The zero-order chi connectivity index (χ0) is 12.9. The second-order valence-electron chi connectivity index (χ2n) is 4.76. The lowest BCUT2D eigenvalue weighted by atomic mass is 9.98. The van der Waals surface area contributed by atoms with Crippen LogP contribution in [0.15, 0.2) is 24.3 Å². The fraction of sp³-hybridized carbons (Fsp3) is 0.538. The van der Waals surface area contributed by atoms with Crippen molar-refractivity contribution < 1.29 is 4.74 Å². The minimum absolute atomic E-state index is 0.170. The van der Waals surface area contributed by atoms with Crippen LogP contribution in [-0.4, -0.2) is 25.3 Å². The molecule has 0 bridgehead atoms. The summed E-state index contributed by atoms with van der Waals surface area (Å²) in [5.74, 6) is 0. The number of rotatable bonds is 6. The SMILES string of the molecule is COC(C)(C)CC(CN)Nc1cccc(Cl)c1. The lowest BCUT2D eigenvalue weighted by Crippen LogP contribution is -2.37. The molecule has 17 heavy (non-hydrogen) atoms. The smallest absolute Gasteiger partial charge is 0.0642 e. The normalized spacial score (nSPS) is 13.5. The predicted molar refractivity (Wildman–Crippen MR) is 73.6 cm³/mol. The van der Waals surface area contributed by atoms with Gasteiger partial charge in [-0.2, -0.15) is 0 Å². The standard InChI is InChI=1S/C13H21ClN2O/c1-13(2,17-3)8-12(9-15)16-11-6-4-5-10(14)7-11/h4-7,12,16H,8-9,15H2,1-3H3. The molecule has 0 fully saturated rings. The van der Waals surface area contributed by atoms with Crippen LogP contribution in [0.2, 0.25) is 5.02 Å². The van der Waals surface area contributed by atoms with Crippen LogP contribution < -0.4 is 11.1 Å². The van der Waals surface area contributed by atoms with E-state index in [1.54, 1.807) is 7.11 Å². The molecule has 0 aliphatic rings. The van der Waals surface area contributed by atoms with Crippen LogP contribution in [0.1, 0.15) is 20.3 Å². The predicted octanol–water partition coefficient (Wildman–Crippen LogP) is 2.89. The van der Waals surface area contributed by atoms with Gasteiger partial charge < -0.3 is 15.8 Å². The van der Waals surface area contributed by atoms with Gasteiger partial charge in [-0.3, -0.25) is 0 Å². The third-order valence-corrected chi connectivity index (χ3v) is 3.01. The zero-order valence-corrected chi connectivity index (χ0v) is 11.4. The Bertz CT molecular complexity index is 355. The van der Waals surface area contributed by atoms with Gasteiger partial charge in [0.1, 0.15) is 0 Å². The third kappa shape index (κ3) is 4.94. The molecule has 0 aromatic heterocycles. The molecule has 0 aliphatic carbocycles. The Balaban J connectivity index is 2.64. The van der Waals surface area contributed by atoms with Crippen molar-refractivity contribution in [2.24, 2.45) is 5.73 Å². The van der Waals surface area contributed by atoms with E-state index in [1.165, 1.54) is 0 Å². The molecule has 3 N–H and O–H groups in total. The lowest BCUT2D eigenvalue weighted by molar-refractivity contribution is 0.0122. The molecule has 0 radical (unpaired) electrons. The maximum Gasteiger partial charge on any atom is 0.0642 e. The Morgan fingerprint density at radius 2 is 2.18 bits per heavy atom. The van der Waals surface area contributed by atoms with Crippen molar-refractivity contribution in [1.82, 2.24) is 0 Å². The van der Waals surface area contributed by atoms with Gasteiger partial charge in [-0.25, -0.2) is 0 Å². The first kappa shape index (κ1) is 14.3. The molecule has 4 heteroatoms. The van der Waals surface area contributed by atoms with E-state index in [-0.39, 0.29) is 11.6 Å². The van der Waals surface area contributed by atoms with Gasteiger partial charge in [-0.15, -0.1) is 0 Å². The van der Waals surface area contributed by atoms with Gasteiger partial charge in [-0.05, 0) is 38.5 Å². The van der Waals surface area contributed by atoms with E-state index in [0.717, 1.165) is 17.1 Å². The molecule has 0 heterocycles. The van der Waals surface area contributed by atoms with Crippen LogP contribution in [0.4, 0.5) is 5.69 Å². The number of anilines is 1. The minimum Gasteiger partial charge on any atom is -0.381 e. The quantitative estimate of drug-likeness (QED) is 0.823. The molecule has 1 rings (SSSR count). The molecule has 0 saturated carbocycles. The van der Waals surface area contributed by atoms with Crippen LogP contribution >= 0.6 is 11.6 Å². The number of halogens is 1. The van der Waals surface area contributed by atoms with E-state index < -0.39 is 0 Å². The summed E-state index contributed by atoms with van der Waals surface area (Å²) >= 11 is 5.94. The van der Waals surface area contributed by atoms with Gasteiger partial charge in [0.05, 0.1) is 5.60 Å². The summed E-state index contributed by atoms with van der Waals surface area (Å²) in [6.07, 6.45) is 0.840. The van der Waals surface area contributed by atoms with Crippen molar-refractivity contribution in [1.29, 1.82) is 0 Å². The Morgan fingerprint density at radius 1 is 1.47 bits per heavy atom. The van der Waals surface area contributed by atoms with Gasteiger partial charge >= 0.3 is 0 Å². The Labute approximate surface area is 108 Å².